The molecule has 17 heavy (non-hydrogen) atoms. The average Bonchev–Trinajstić information content (AvgIpc) is 2.22. The van der Waals surface area contributed by atoms with Crippen molar-refractivity contribution in [2.45, 2.75) is 39.8 Å². The van der Waals surface area contributed by atoms with Crippen molar-refractivity contribution in [2.75, 3.05) is 11.9 Å². The van der Waals surface area contributed by atoms with Crippen LogP contribution in [0.4, 0.5) is 5.82 Å². The van der Waals surface area contributed by atoms with Crippen LogP contribution in [0.2, 0.25) is 0 Å². The first-order valence-corrected chi connectivity index (χ1v) is 6.05. The van der Waals surface area contributed by atoms with Crippen LogP contribution in [0.15, 0.2) is 17.2 Å². The summed E-state index contributed by atoms with van der Waals surface area (Å²) in [7, 11) is 0. The first-order valence-electron chi connectivity index (χ1n) is 6.05. The zero-order valence-electron chi connectivity index (χ0n) is 10.8. The van der Waals surface area contributed by atoms with Crippen LogP contribution >= 0.6 is 0 Å². The van der Waals surface area contributed by atoms with E-state index < -0.39 is 0 Å². The van der Waals surface area contributed by atoms with Crippen molar-refractivity contribution in [3.8, 4) is 0 Å². The molecule has 0 radical (unpaired) electrons. The molecule has 1 unspecified atom stereocenters. The second-order valence-electron chi connectivity index (χ2n) is 4.82. The Labute approximate surface area is 102 Å². The van der Waals surface area contributed by atoms with Crippen LogP contribution in [0.1, 0.15) is 27.2 Å². The third-order valence-corrected chi connectivity index (χ3v) is 2.37. The van der Waals surface area contributed by atoms with Crippen molar-refractivity contribution in [1.29, 1.82) is 0 Å². The Morgan fingerprint density at radius 2 is 2.18 bits per heavy atom. The minimum absolute atomic E-state index is 0.0640. The van der Waals surface area contributed by atoms with Crippen LogP contribution in [-0.4, -0.2) is 22.1 Å². The third-order valence-electron chi connectivity index (χ3n) is 2.37. The highest BCUT2D eigenvalue weighted by Gasteiger charge is 2.05. The van der Waals surface area contributed by atoms with E-state index in [0.717, 1.165) is 6.42 Å². The molecule has 0 aliphatic rings. The molecule has 0 saturated carbocycles. The van der Waals surface area contributed by atoms with Gasteiger partial charge in [-0.25, -0.2) is 4.98 Å². The lowest BCUT2D eigenvalue weighted by atomic mass is 10.2. The third kappa shape index (κ3) is 4.56. The molecule has 0 aliphatic carbocycles. The molecule has 0 spiro atoms. The normalized spacial score (nSPS) is 12.8. The van der Waals surface area contributed by atoms with E-state index in [1.54, 1.807) is 17.0 Å². The number of anilines is 1. The predicted molar refractivity (Wildman–Crippen MR) is 70.1 cm³/mol. The zero-order valence-corrected chi connectivity index (χ0v) is 10.8. The van der Waals surface area contributed by atoms with E-state index in [0.29, 0.717) is 24.8 Å². The van der Waals surface area contributed by atoms with Gasteiger partial charge in [-0.1, -0.05) is 13.8 Å². The van der Waals surface area contributed by atoms with E-state index in [-0.39, 0.29) is 11.6 Å². The molecule has 1 rings (SSSR count). The number of nitrogens with one attached hydrogen (secondary N) is 1. The van der Waals surface area contributed by atoms with Gasteiger partial charge in [0.2, 0.25) is 0 Å². The van der Waals surface area contributed by atoms with Crippen molar-refractivity contribution in [3.63, 3.8) is 0 Å². The topological polar surface area (TPSA) is 72.9 Å². The number of aromatic nitrogens is 2. The monoisotopic (exact) mass is 238 g/mol. The molecule has 1 heterocycles. The smallest absolute Gasteiger partial charge is 0.293 e. The van der Waals surface area contributed by atoms with Gasteiger partial charge in [0.25, 0.3) is 5.56 Å². The highest BCUT2D eigenvalue weighted by molar-refractivity contribution is 5.30. The second-order valence-corrected chi connectivity index (χ2v) is 4.82. The largest absolute Gasteiger partial charge is 0.365 e. The van der Waals surface area contributed by atoms with E-state index in [9.17, 15) is 4.79 Å². The number of nitrogens with zero attached hydrogens (tertiary/aromatic N) is 2. The van der Waals surface area contributed by atoms with Gasteiger partial charge in [-0.3, -0.25) is 4.79 Å². The van der Waals surface area contributed by atoms with Crippen LogP contribution in [0.3, 0.4) is 0 Å². The van der Waals surface area contributed by atoms with E-state index in [4.69, 9.17) is 5.73 Å². The second kappa shape index (κ2) is 6.39. The molecule has 1 aromatic rings. The summed E-state index contributed by atoms with van der Waals surface area (Å²) in [5, 5.41) is 3.03. The molecule has 0 amide bonds. The van der Waals surface area contributed by atoms with E-state index in [2.05, 4.69) is 24.1 Å². The van der Waals surface area contributed by atoms with Gasteiger partial charge in [-0.2, -0.15) is 0 Å². The summed E-state index contributed by atoms with van der Waals surface area (Å²) in [5.41, 5.74) is 5.58. The summed E-state index contributed by atoms with van der Waals surface area (Å²) >= 11 is 0. The van der Waals surface area contributed by atoms with E-state index in [1.165, 1.54) is 0 Å². The molecule has 5 heteroatoms. The predicted octanol–water partition coefficient (Wildman–Crippen LogP) is 1.05. The maximum Gasteiger partial charge on any atom is 0.293 e. The lowest BCUT2D eigenvalue weighted by molar-refractivity contribution is 0.509. The molecule has 0 aliphatic heterocycles. The minimum Gasteiger partial charge on any atom is -0.365 e. The summed E-state index contributed by atoms with van der Waals surface area (Å²) < 4.78 is 1.69. The number of nitrogens with two attached hydrogens (primary N) is 1. The zero-order chi connectivity index (χ0) is 12.8. The van der Waals surface area contributed by atoms with Crippen LogP contribution < -0.4 is 16.6 Å². The van der Waals surface area contributed by atoms with Gasteiger partial charge in [-0.05, 0) is 19.3 Å². The average molecular weight is 238 g/mol. The summed E-state index contributed by atoms with van der Waals surface area (Å²) in [6, 6.07) is 0.129. The van der Waals surface area contributed by atoms with Crippen molar-refractivity contribution in [2.24, 2.45) is 11.7 Å². The van der Waals surface area contributed by atoms with Gasteiger partial charge in [0.05, 0.1) is 0 Å². The van der Waals surface area contributed by atoms with E-state index in [1.807, 2.05) is 6.92 Å². The van der Waals surface area contributed by atoms with Gasteiger partial charge in [0, 0.05) is 31.5 Å². The molecule has 0 fully saturated rings. The fourth-order valence-electron chi connectivity index (χ4n) is 1.52. The Bertz CT molecular complexity index is 398. The molecular weight excluding hydrogens is 216 g/mol. The van der Waals surface area contributed by atoms with Crippen LogP contribution in [0, 0.1) is 5.92 Å². The molecule has 0 saturated heterocycles. The van der Waals surface area contributed by atoms with E-state index >= 15 is 0 Å². The molecule has 1 aromatic heterocycles. The van der Waals surface area contributed by atoms with Gasteiger partial charge < -0.3 is 15.6 Å². The summed E-state index contributed by atoms with van der Waals surface area (Å²) in [6.07, 6.45) is 4.19. The van der Waals surface area contributed by atoms with Crippen LogP contribution in [0.5, 0.6) is 0 Å². The number of rotatable bonds is 6. The molecule has 5 nitrogen and oxygen atoms in total. The molecule has 0 aromatic carbocycles. The molecule has 1 atom stereocenters. The van der Waals surface area contributed by atoms with Crippen molar-refractivity contribution >= 4 is 5.82 Å². The molecule has 3 N–H and O–H groups in total. The van der Waals surface area contributed by atoms with Crippen molar-refractivity contribution in [1.82, 2.24) is 9.55 Å². The van der Waals surface area contributed by atoms with Crippen LogP contribution in [-0.2, 0) is 6.54 Å². The first-order chi connectivity index (χ1) is 8.00. The molecule has 96 valence electrons. The fraction of sp³-hybridized carbons (Fsp3) is 0.667. The maximum absolute atomic E-state index is 12.0. The standard InChI is InChI=1S/C12H22N4O/c1-9(2)8-16-7-6-15-11(12(16)17)14-5-4-10(3)13/h6-7,9-10H,4-5,8,13H2,1-3H3,(H,14,15). The maximum atomic E-state index is 12.0. The lowest BCUT2D eigenvalue weighted by Crippen LogP contribution is -2.27. The Kier molecular flexibility index (Phi) is 5.15. The highest BCUT2D eigenvalue weighted by atomic mass is 16.1. The summed E-state index contributed by atoms with van der Waals surface area (Å²) in [6.45, 7) is 7.48. The molecule has 0 bridgehead atoms. The molecular formula is C12H22N4O. The Morgan fingerprint density at radius 1 is 1.47 bits per heavy atom. The quantitative estimate of drug-likeness (QED) is 0.777. The Morgan fingerprint density at radius 3 is 2.76 bits per heavy atom. The SMILES string of the molecule is CC(C)Cn1ccnc(NCCC(C)N)c1=O. The van der Waals surface area contributed by atoms with Gasteiger partial charge in [0.15, 0.2) is 5.82 Å². The first kappa shape index (κ1) is 13.7. The summed E-state index contributed by atoms with van der Waals surface area (Å²) in [5.74, 6) is 0.848. The summed E-state index contributed by atoms with van der Waals surface area (Å²) in [4.78, 5) is 16.0. The Hall–Kier alpha value is -1.36. The van der Waals surface area contributed by atoms with Gasteiger partial charge in [-0.15, -0.1) is 0 Å². The fourth-order valence-corrected chi connectivity index (χ4v) is 1.52. The van der Waals surface area contributed by atoms with Crippen molar-refractivity contribution < 1.29 is 0 Å². The lowest BCUT2D eigenvalue weighted by Gasteiger charge is -2.11. The minimum atomic E-state index is -0.0640. The van der Waals surface area contributed by atoms with Crippen LogP contribution in [0.25, 0.3) is 0 Å². The van der Waals surface area contributed by atoms with Crippen molar-refractivity contribution in [3.05, 3.63) is 22.7 Å². The van der Waals surface area contributed by atoms with Gasteiger partial charge in [0.1, 0.15) is 0 Å². The van der Waals surface area contributed by atoms with Gasteiger partial charge >= 0.3 is 0 Å². The number of hydrogen-bond donors (Lipinski definition) is 2. The number of hydrogen-bond acceptors (Lipinski definition) is 4. The highest BCUT2D eigenvalue weighted by Crippen LogP contribution is 1.99. The Balaban J connectivity index is 2.70.